The number of halogens is 1. The molecule has 2 heterocycles. The standard InChI is InChI=1S/C23H23FN4O/c24-21-4-2-1-3-19(21)23(29)27-13-16-5-7-18(8-6-16)22-20(14-26-15-28-22)17-9-11-25-12-10-17/h1-4,9-12,14-16,18H,5-8,13H2,(H,27,29). The highest BCUT2D eigenvalue weighted by Gasteiger charge is 2.26. The molecule has 1 aliphatic rings. The molecule has 3 aromatic rings. The number of nitrogens with one attached hydrogen (secondary N) is 1. The van der Waals surface area contributed by atoms with E-state index in [1.54, 1.807) is 30.9 Å². The minimum atomic E-state index is -0.485. The van der Waals surface area contributed by atoms with E-state index in [4.69, 9.17) is 0 Å². The Bertz CT molecular complexity index is 971. The van der Waals surface area contributed by atoms with E-state index in [1.807, 2.05) is 18.3 Å². The third-order valence-corrected chi connectivity index (χ3v) is 5.64. The quantitative estimate of drug-likeness (QED) is 0.702. The van der Waals surface area contributed by atoms with Gasteiger partial charge in [0.25, 0.3) is 5.91 Å². The van der Waals surface area contributed by atoms with Crippen LogP contribution in [-0.4, -0.2) is 27.4 Å². The predicted molar refractivity (Wildman–Crippen MR) is 109 cm³/mol. The van der Waals surface area contributed by atoms with E-state index in [2.05, 4.69) is 20.3 Å². The van der Waals surface area contributed by atoms with Gasteiger partial charge in [-0.05, 0) is 61.4 Å². The zero-order valence-electron chi connectivity index (χ0n) is 16.1. The molecule has 1 amide bonds. The first kappa shape index (κ1) is 19.2. The van der Waals surface area contributed by atoms with E-state index in [9.17, 15) is 9.18 Å². The molecule has 1 N–H and O–H groups in total. The molecule has 0 spiro atoms. The Labute approximate surface area is 169 Å². The van der Waals surface area contributed by atoms with Gasteiger partial charge >= 0.3 is 0 Å². The molecule has 0 aliphatic heterocycles. The Balaban J connectivity index is 1.36. The van der Waals surface area contributed by atoms with Gasteiger partial charge in [0.05, 0.1) is 11.3 Å². The van der Waals surface area contributed by atoms with Gasteiger partial charge in [-0.1, -0.05) is 12.1 Å². The van der Waals surface area contributed by atoms with Crippen LogP contribution in [0.5, 0.6) is 0 Å². The third-order valence-electron chi connectivity index (χ3n) is 5.64. The fourth-order valence-electron chi connectivity index (χ4n) is 4.04. The summed E-state index contributed by atoms with van der Waals surface area (Å²) in [7, 11) is 0. The third kappa shape index (κ3) is 4.47. The first-order valence-corrected chi connectivity index (χ1v) is 9.95. The van der Waals surface area contributed by atoms with Crippen LogP contribution in [0.4, 0.5) is 4.39 Å². The van der Waals surface area contributed by atoms with Crippen molar-refractivity contribution >= 4 is 5.91 Å². The number of pyridine rings is 1. The Morgan fingerprint density at radius 1 is 1.03 bits per heavy atom. The molecule has 4 rings (SSSR count). The fourth-order valence-corrected chi connectivity index (χ4v) is 4.04. The molecule has 0 radical (unpaired) electrons. The van der Waals surface area contributed by atoms with Gasteiger partial charge in [0.15, 0.2) is 0 Å². The van der Waals surface area contributed by atoms with Gasteiger partial charge in [-0.25, -0.2) is 14.4 Å². The van der Waals surface area contributed by atoms with Crippen molar-refractivity contribution in [2.24, 2.45) is 5.92 Å². The van der Waals surface area contributed by atoms with Gasteiger partial charge in [-0.3, -0.25) is 9.78 Å². The zero-order chi connectivity index (χ0) is 20.1. The summed E-state index contributed by atoms with van der Waals surface area (Å²) in [4.78, 5) is 25.1. The summed E-state index contributed by atoms with van der Waals surface area (Å²) < 4.78 is 13.7. The van der Waals surface area contributed by atoms with E-state index in [1.165, 1.54) is 12.1 Å². The molecule has 1 aliphatic carbocycles. The maximum atomic E-state index is 13.7. The van der Waals surface area contributed by atoms with Crippen LogP contribution in [0.25, 0.3) is 11.1 Å². The van der Waals surface area contributed by atoms with Crippen LogP contribution in [0.15, 0.2) is 61.3 Å². The predicted octanol–water partition coefficient (Wildman–Crippen LogP) is 4.38. The molecule has 5 nitrogen and oxygen atoms in total. The lowest BCUT2D eigenvalue weighted by molar-refractivity contribution is 0.0939. The monoisotopic (exact) mass is 390 g/mol. The highest BCUT2D eigenvalue weighted by molar-refractivity contribution is 5.94. The van der Waals surface area contributed by atoms with Crippen molar-refractivity contribution in [3.63, 3.8) is 0 Å². The highest BCUT2D eigenvalue weighted by Crippen LogP contribution is 2.38. The molecular weight excluding hydrogens is 367 g/mol. The largest absolute Gasteiger partial charge is 0.352 e. The Hall–Kier alpha value is -3.15. The normalized spacial score (nSPS) is 18.9. The molecule has 0 unspecified atom stereocenters. The van der Waals surface area contributed by atoms with Crippen molar-refractivity contribution in [1.82, 2.24) is 20.3 Å². The summed E-state index contributed by atoms with van der Waals surface area (Å²) in [5.41, 5.74) is 3.32. The number of carbonyl (C=O) groups is 1. The number of carbonyl (C=O) groups excluding carboxylic acids is 1. The maximum Gasteiger partial charge on any atom is 0.254 e. The average molecular weight is 390 g/mol. The zero-order valence-corrected chi connectivity index (χ0v) is 16.1. The first-order valence-electron chi connectivity index (χ1n) is 9.95. The number of hydrogen-bond acceptors (Lipinski definition) is 4. The summed E-state index contributed by atoms with van der Waals surface area (Å²) >= 11 is 0. The van der Waals surface area contributed by atoms with Crippen molar-refractivity contribution in [1.29, 1.82) is 0 Å². The van der Waals surface area contributed by atoms with E-state index < -0.39 is 5.82 Å². The van der Waals surface area contributed by atoms with Crippen molar-refractivity contribution in [2.75, 3.05) is 6.54 Å². The molecule has 1 saturated carbocycles. The van der Waals surface area contributed by atoms with Crippen molar-refractivity contribution < 1.29 is 9.18 Å². The smallest absolute Gasteiger partial charge is 0.254 e. The van der Waals surface area contributed by atoms with Gasteiger partial charge in [0.1, 0.15) is 12.1 Å². The molecular formula is C23H23FN4O. The van der Waals surface area contributed by atoms with Crippen LogP contribution in [0.1, 0.15) is 47.7 Å². The van der Waals surface area contributed by atoms with E-state index >= 15 is 0 Å². The lowest BCUT2D eigenvalue weighted by Gasteiger charge is -2.29. The Morgan fingerprint density at radius 2 is 1.79 bits per heavy atom. The number of rotatable bonds is 5. The molecule has 0 atom stereocenters. The molecule has 29 heavy (non-hydrogen) atoms. The molecule has 6 heteroatoms. The summed E-state index contributed by atoms with van der Waals surface area (Å²) in [6.45, 7) is 0.570. The van der Waals surface area contributed by atoms with Crippen molar-refractivity contribution in [3.05, 3.63) is 78.4 Å². The molecule has 148 valence electrons. The van der Waals surface area contributed by atoms with Crippen LogP contribution in [0, 0.1) is 11.7 Å². The number of amides is 1. The first-order chi connectivity index (χ1) is 14.2. The molecule has 1 fully saturated rings. The van der Waals surface area contributed by atoms with Crippen molar-refractivity contribution in [2.45, 2.75) is 31.6 Å². The van der Waals surface area contributed by atoms with E-state index in [0.29, 0.717) is 18.4 Å². The minimum absolute atomic E-state index is 0.101. The van der Waals surface area contributed by atoms with Crippen LogP contribution < -0.4 is 5.32 Å². The van der Waals surface area contributed by atoms with Crippen LogP contribution in [0.3, 0.4) is 0 Å². The second-order valence-corrected chi connectivity index (χ2v) is 7.47. The van der Waals surface area contributed by atoms with Gasteiger partial charge < -0.3 is 5.32 Å². The van der Waals surface area contributed by atoms with E-state index in [-0.39, 0.29) is 11.5 Å². The van der Waals surface area contributed by atoms with Gasteiger partial charge in [0.2, 0.25) is 0 Å². The topological polar surface area (TPSA) is 67.8 Å². The summed E-state index contributed by atoms with van der Waals surface area (Å²) in [6.07, 6.45) is 11.1. The van der Waals surface area contributed by atoms with Crippen LogP contribution >= 0.6 is 0 Å². The highest BCUT2D eigenvalue weighted by atomic mass is 19.1. The van der Waals surface area contributed by atoms with Gasteiger partial charge in [0, 0.05) is 36.6 Å². The molecule has 2 aromatic heterocycles. The Morgan fingerprint density at radius 3 is 2.55 bits per heavy atom. The average Bonchev–Trinajstić information content (AvgIpc) is 2.79. The Kier molecular flexibility index (Phi) is 5.89. The molecule has 1 aromatic carbocycles. The fraction of sp³-hybridized carbons (Fsp3) is 0.304. The molecule has 0 bridgehead atoms. The van der Waals surface area contributed by atoms with Crippen molar-refractivity contribution in [3.8, 4) is 11.1 Å². The maximum absolute atomic E-state index is 13.7. The SMILES string of the molecule is O=C(NCC1CCC(c2ncncc2-c2ccncc2)CC1)c1ccccc1F. The van der Waals surface area contributed by atoms with Gasteiger partial charge in [-0.2, -0.15) is 0 Å². The summed E-state index contributed by atoms with van der Waals surface area (Å²) in [5.74, 6) is -0.0602. The number of hydrogen-bond donors (Lipinski definition) is 1. The second kappa shape index (κ2) is 8.90. The number of aromatic nitrogens is 3. The van der Waals surface area contributed by atoms with E-state index in [0.717, 1.165) is 42.5 Å². The minimum Gasteiger partial charge on any atom is -0.352 e. The molecule has 0 saturated heterocycles. The van der Waals surface area contributed by atoms with Crippen LogP contribution in [0.2, 0.25) is 0 Å². The van der Waals surface area contributed by atoms with Crippen LogP contribution in [-0.2, 0) is 0 Å². The summed E-state index contributed by atoms with van der Waals surface area (Å²) in [5, 5.41) is 2.89. The summed E-state index contributed by atoms with van der Waals surface area (Å²) in [6, 6.07) is 10.0. The lowest BCUT2D eigenvalue weighted by Crippen LogP contribution is -2.31. The number of benzene rings is 1. The second-order valence-electron chi connectivity index (χ2n) is 7.47. The number of nitrogens with zero attached hydrogens (tertiary/aromatic N) is 3. The van der Waals surface area contributed by atoms with Gasteiger partial charge in [-0.15, -0.1) is 0 Å². The lowest BCUT2D eigenvalue weighted by atomic mass is 9.79.